The second-order valence-electron chi connectivity index (χ2n) is 12.7. The molecule has 43 heavy (non-hydrogen) atoms. The third-order valence-electron chi connectivity index (χ3n) is 9.48. The average Bonchev–Trinajstić information content (AvgIpc) is 3.56. The number of benzene rings is 2. The fourth-order valence-corrected chi connectivity index (χ4v) is 6.42. The highest BCUT2D eigenvalue weighted by atomic mass is 16.5. The summed E-state index contributed by atoms with van der Waals surface area (Å²) in [5.74, 6) is 1.46. The Kier molecular flexibility index (Phi) is 6.45. The highest BCUT2D eigenvalue weighted by Crippen LogP contribution is 2.43. The van der Waals surface area contributed by atoms with Gasteiger partial charge in [0.25, 0.3) is 0 Å². The van der Waals surface area contributed by atoms with E-state index in [1.165, 1.54) is 0 Å². The number of methoxy groups -OCH3 is 1. The lowest BCUT2D eigenvalue weighted by molar-refractivity contribution is -0.129. The second kappa shape index (κ2) is 10.1. The molecule has 2 aromatic carbocycles. The Balaban J connectivity index is 1.17. The molecule has 1 saturated carbocycles. The van der Waals surface area contributed by atoms with Crippen LogP contribution < -0.4 is 14.8 Å². The number of carbonyl (C=O) groups is 2. The molecule has 3 aliphatic rings. The van der Waals surface area contributed by atoms with Crippen molar-refractivity contribution >= 4 is 28.5 Å². The summed E-state index contributed by atoms with van der Waals surface area (Å²) in [4.78, 5) is 37.5. The van der Waals surface area contributed by atoms with Crippen molar-refractivity contribution in [1.82, 2.24) is 19.4 Å². The van der Waals surface area contributed by atoms with Gasteiger partial charge in [0.1, 0.15) is 17.4 Å². The van der Waals surface area contributed by atoms with Crippen LogP contribution in [0.1, 0.15) is 70.2 Å². The van der Waals surface area contributed by atoms with Crippen LogP contribution in [0.15, 0.2) is 54.9 Å². The van der Waals surface area contributed by atoms with Crippen LogP contribution in [0.2, 0.25) is 0 Å². The van der Waals surface area contributed by atoms with Crippen molar-refractivity contribution in [3.8, 4) is 22.9 Å². The molecule has 2 aliphatic heterocycles. The van der Waals surface area contributed by atoms with Gasteiger partial charge in [-0.1, -0.05) is 24.3 Å². The Morgan fingerprint density at radius 3 is 2.53 bits per heavy atom. The van der Waals surface area contributed by atoms with Gasteiger partial charge in [0.05, 0.1) is 36.1 Å². The smallest absolute Gasteiger partial charge is 0.241 e. The number of nitrogens with zero attached hydrogens (tertiary/aromatic N) is 4. The third kappa shape index (κ3) is 4.71. The van der Waals surface area contributed by atoms with Crippen molar-refractivity contribution in [3.05, 3.63) is 66.0 Å². The fraction of sp³-hybridized carbons (Fsp3) is 0.412. The first-order valence-corrected chi connectivity index (χ1v) is 15.1. The molecule has 4 aromatic rings. The minimum atomic E-state index is -0.574. The van der Waals surface area contributed by atoms with E-state index in [2.05, 4.69) is 16.8 Å². The molecule has 1 N–H and O–H groups in total. The number of fused-ring (bicyclic) bond motifs is 2. The number of rotatable bonds is 8. The fourth-order valence-electron chi connectivity index (χ4n) is 6.42. The minimum absolute atomic E-state index is 0.00875. The maximum absolute atomic E-state index is 13.2. The van der Waals surface area contributed by atoms with Gasteiger partial charge < -0.3 is 24.3 Å². The quantitative estimate of drug-likeness (QED) is 0.273. The standard InChI is InChI=1S/C34H37N5O4/c1-19(21-6-11-25(42-5)12-7-21)38-17-23(15-30(38)40)20(2)43-32-31-29(35-18-39(31)24-9-10-24)16-27(36-32)22-8-13-26-28(14-22)37-33(41)34(26,3)4/h6-8,11-14,16,18-20,23-24H,9-10,15,17H2,1-5H3,(H,37,41). The van der Waals surface area contributed by atoms with Gasteiger partial charge in [0, 0.05) is 36.2 Å². The molecule has 222 valence electrons. The van der Waals surface area contributed by atoms with Gasteiger partial charge in [-0.05, 0) is 75.9 Å². The van der Waals surface area contributed by atoms with E-state index in [0.29, 0.717) is 24.9 Å². The maximum atomic E-state index is 13.2. The van der Waals surface area contributed by atoms with Crippen LogP contribution in [0.4, 0.5) is 5.69 Å². The molecule has 3 unspecified atom stereocenters. The number of anilines is 1. The molecule has 2 aromatic heterocycles. The predicted molar refractivity (Wildman–Crippen MR) is 164 cm³/mol. The zero-order valence-corrected chi connectivity index (χ0v) is 25.3. The highest BCUT2D eigenvalue weighted by molar-refractivity contribution is 6.06. The van der Waals surface area contributed by atoms with Gasteiger partial charge >= 0.3 is 0 Å². The molecule has 1 saturated heterocycles. The summed E-state index contributed by atoms with van der Waals surface area (Å²) >= 11 is 0. The van der Waals surface area contributed by atoms with Gasteiger partial charge in [-0.2, -0.15) is 0 Å². The molecule has 7 rings (SSSR count). The Morgan fingerprint density at radius 1 is 1.05 bits per heavy atom. The first-order valence-electron chi connectivity index (χ1n) is 15.1. The van der Waals surface area contributed by atoms with Crippen LogP contribution >= 0.6 is 0 Å². The molecular weight excluding hydrogens is 542 g/mol. The number of hydrogen-bond donors (Lipinski definition) is 1. The molecule has 2 fully saturated rings. The first kappa shape index (κ1) is 27.4. The number of likely N-dealkylation sites (tertiary alicyclic amines) is 1. The number of imidazole rings is 1. The van der Waals surface area contributed by atoms with Crippen LogP contribution in [0.5, 0.6) is 11.6 Å². The van der Waals surface area contributed by atoms with Crippen LogP contribution in [0.25, 0.3) is 22.3 Å². The van der Waals surface area contributed by atoms with Crippen LogP contribution in [0.3, 0.4) is 0 Å². The van der Waals surface area contributed by atoms with E-state index in [9.17, 15) is 9.59 Å². The lowest BCUT2D eigenvalue weighted by atomic mass is 9.86. The summed E-state index contributed by atoms with van der Waals surface area (Å²) in [5, 5.41) is 3.02. The molecular formula is C34H37N5O4. The lowest BCUT2D eigenvalue weighted by Gasteiger charge is -2.27. The van der Waals surface area contributed by atoms with Crippen molar-refractivity contribution in [3.63, 3.8) is 0 Å². The van der Waals surface area contributed by atoms with E-state index in [-0.39, 0.29) is 29.9 Å². The third-order valence-corrected chi connectivity index (χ3v) is 9.48. The SMILES string of the molecule is COc1ccc(C(C)N2CC(C(C)Oc3nc(-c4ccc5c(c4)NC(=O)C5(C)C)cc4ncn(C5CC5)c34)CC2=O)cc1. The van der Waals surface area contributed by atoms with Gasteiger partial charge in [0.15, 0.2) is 0 Å². The lowest BCUT2D eigenvalue weighted by Crippen LogP contribution is -2.31. The number of ether oxygens (including phenoxy) is 2. The Hall–Kier alpha value is -4.40. The number of hydrogen-bond acceptors (Lipinski definition) is 6. The number of pyridine rings is 1. The second-order valence-corrected chi connectivity index (χ2v) is 12.7. The van der Waals surface area contributed by atoms with E-state index in [4.69, 9.17) is 19.4 Å². The molecule has 3 atom stereocenters. The van der Waals surface area contributed by atoms with E-state index in [1.54, 1.807) is 7.11 Å². The molecule has 9 nitrogen and oxygen atoms in total. The molecule has 4 heterocycles. The summed E-state index contributed by atoms with van der Waals surface area (Å²) in [6.45, 7) is 8.57. The highest BCUT2D eigenvalue weighted by Gasteiger charge is 2.39. The van der Waals surface area contributed by atoms with E-state index < -0.39 is 5.41 Å². The Morgan fingerprint density at radius 2 is 1.81 bits per heavy atom. The van der Waals surface area contributed by atoms with Crippen molar-refractivity contribution in [2.45, 2.75) is 70.6 Å². The van der Waals surface area contributed by atoms with E-state index >= 15 is 0 Å². The summed E-state index contributed by atoms with van der Waals surface area (Å²) < 4.78 is 14.1. The van der Waals surface area contributed by atoms with E-state index in [1.807, 2.05) is 80.5 Å². The van der Waals surface area contributed by atoms with Crippen molar-refractivity contribution in [1.29, 1.82) is 0 Å². The molecule has 2 amide bonds. The number of amides is 2. The van der Waals surface area contributed by atoms with Gasteiger partial charge in [-0.25, -0.2) is 9.97 Å². The average molecular weight is 580 g/mol. The number of carbonyl (C=O) groups excluding carboxylic acids is 2. The van der Waals surface area contributed by atoms with Crippen LogP contribution in [-0.4, -0.2) is 51.0 Å². The number of nitrogens with one attached hydrogen (secondary N) is 1. The number of aromatic nitrogens is 3. The zero-order valence-electron chi connectivity index (χ0n) is 25.3. The molecule has 0 spiro atoms. The van der Waals surface area contributed by atoms with Crippen molar-refractivity contribution in [2.75, 3.05) is 19.0 Å². The summed E-state index contributed by atoms with van der Waals surface area (Å²) in [6, 6.07) is 16.2. The maximum Gasteiger partial charge on any atom is 0.241 e. The van der Waals surface area contributed by atoms with Crippen molar-refractivity contribution < 1.29 is 19.1 Å². The summed E-state index contributed by atoms with van der Waals surface area (Å²) in [7, 11) is 1.65. The van der Waals surface area contributed by atoms with Gasteiger partial charge in [0.2, 0.25) is 17.7 Å². The van der Waals surface area contributed by atoms with Gasteiger partial charge in [-0.15, -0.1) is 0 Å². The molecule has 9 heteroatoms. The minimum Gasteiger partial charge on any atom is -0.497 e. The van der Waals surface area contributed by atoms with Crippen LogP contribution in [0, 0.1) is 5.92 Å². The summed E-state index contributed by atoms with van der Waals surface area (Å²) in [5.41, 5.74) is 5.61. The van der Waals surface area contributed by atoms with Crippen LogP contribution in [-0.2, 0) is 15.0 Å². The largest absolute Gasteiger partial charge is 0.497 e. The van der Waals surface area contributed by atoms with Gasteiger partial charge in [-0.3, -0.25) is 9.59 Å². The molecule has 1 aliphatic carbocycles. The molecule has 0 radical (unpaired) electrons. The monoisotopic (exact) mass is 579 g/mol. The zero-order chi connectivity index (χ0) is 30.0. The first-order chi connectivity index (χ1) is 20.6. The van der Waals surface area contributed by atoms with Crippen molar-refractivity contribution in [2.24, 2.45) is 5.92 Å². The Bertz CT molecular complexity index is 1740. The molecule has 0 bridgehead atoms. The summed E-state index contributed by atoms with van der Waals surface area (Å²) in [6.07, 6.45) is 4.28. The topological polar surface area (TPSA) is 98.6 Å². The normalized spacial score (nSPS) is 20.7. The Labute approximate surface area is 251 Å². The predicted octanol–water partition coefficient (Wildman–Crippen LogP) is 6.05. The van der Waals surface area contributed by atoms with E-state index in [0.717, 1.165) is 57.7 Å².